The first-order chi connectivity index (χ1) is 3.81. The van der Waals surface area contributed by atoms with Gasteiger partial charge in [-0.1, -0.05) is 13.8 Å². The quantitative estimate of drug-likeness (QED) is 0.571. The molecule has 0 amide bonds. The predicted octanol–water partition coefficient (Wildman–Crippen LogP) is 1.71. The average Bonchev–Trinajstić information content (AvgIpc) is 1.64. The predicted molar refractivity (Wildman–Crippen MR) is 43.9 cm³/mol. The van der Waals surface area contributed by atoms with Gasteiger partial charge in [0.2, 0.25) is 0 Å². The van der Waals surface area contributed by atoms with Gasteiger partial charge in [0, 0.05) is 5.41 Å². The molecule has 1 N–H and O–H groups in total. The maximum atomic E-state index is 9.50. The topological polar surface area (TPSA) is 20.2 Å². The number of hydrogen-bond acceptors (Lipinski definition) is 2. The summed E-state index contributed by atoms with van der Waals surface area (Å²) in [6.07, 6.45) is 0. The second-order valence-electron chi connectivity index (χ2n) is 3.60. The normalized spacial score (nSPS) is 14.0. The molecule has 0 aliphatic carbocycles. The zero-order valence-corrected chi connectivity index (χ0v) is 7.50. The highest BCUT2D eigenvalue weighted by Gasteiger charge is 2.33. The van der Waals surface area contributed by atoms with E-state index in [0.717, 1.165) is 0 Å². The van der Waals surface area contributed by atoms with Crippen molar-refractivity contribution in [1.29, 1.82) is 0 Å². The highest BCUT2D eigenvalue weighted by Crippen LogP contribution is 2.30. The van der Waals surface area contributed by atoms with Gasteiger partial charge in [-0.3, -0.25) is 0 Å². The molecule has 0 bridgehead atoms. The number of hydrogen-bond donors (Lipinski definition) is 2. The van der Waals surface area contributed by atoms with Crippen molar-refractivity contribution in [3.63, 3.8) is 0 Å². The lowest BCUT2D eigenvalue weighted by Crippen LogP contribution is -2.40. The lowest BCUT2D eigenvalue weighted by molar-refractivity contribution is -0.0208. The van der Waals surface area contributed by atoms with Crippen LogP contribution in [0, 0.1) is 5.41 Å². The Bertz CT molecular complexity index is 91.6. The lowest BCUT2D eigenvalue weighted by Gasteiger charge is -2.35. The van der Waals surface area contributed by atoms with Gasteiger partial charge in [-0.15, -0.1) is 0 Å². The van der Waals surface area contributed by atoms with Crippen molar-refractivity contribution >= 4 is 12.6 Å². The Morgan fingerprint density at radius 2 is 1.56 bits per heavy atom. The highest BCUT2D eigenvalue weighted by atomic mass is 32.1. The number of aliphatic hydroxyl groups is 1. The molecule has 0 unspecified atom stereocenters. The van der Waals surface area contributed by atoms with Crippen LogP contribution in [0.5, 0.6) is 0 Å². The number of rotatable bonds is 2. The molecule has 56 valence electrons. The van der Waals surface area contributed by atoms with E-state index in [2.05, 4.69) is 12.6 Å². The van der Waals surface area contributed by atoms with E-state index >= 15 is 0 Å². The van der Waals surface area contributed by atoms with Crippen LogP contribution < -0.4 is 0 Å². The van der Waals surface area contributed by atoms with Crippen LogP contribution in [0.4, 0.5) is 0 Å². The maximum absolute atomic E-state index is 9.50. The van der Waals surface area contributed by atoms with E-state index in [4.69, 9.17) is 0 Å². The Labute approximate surface area is 62.9 Å². The van der Waals surface area contributed by atoms with Crippen LogP contribution in [-0.2, 0) is 0 Å². The molecular weight excluding hydrogens is 132 g/mol. The molecule has 0 spiro atoms. The van der Waals surface area contributed by atoms with E-state index in [1.165, 1.54) is 0 Å². The van der Waals surface area contributed by atoms with E-state index < -0.39 is 5.60 Å². The Kier molecular flexibility index (Phi) is 2.59. The molecule has 0 aliphatic rings. The minimum Gasteiger partial charge on any atom is -0.390 e. The minimum atomic E-state index is -0.630. The average molecular weight is 148 g/mol. The molecule has 0 aliphatic heterocycles. The molecule has 0 fully saturated rings. The van der Waals surface area contributed by atoms with Crippen LogP contribution in [0.1, 0.15) is 27.7 Å². The molecule has 0 aromatic heterocycles. The van der Waals surface area contributed by atoms with Crippen LogP contribution in [0.3, 0.4) is 0 Å². The summed E-state index contributed by atoms with van der Waals surface area (Å²) in [5.41, 5.74) is -0.731. The minimum absolute atomic E-state index is 0.101. The van der Waals surface area contributed by atoms with Gasteiger partial charge in [0.05, 0.1) is 5.60 Å². The molecule has 1 nitrogen and oxygen atoms in total. The molecule has 0 aromatic rings. The molecule has 0 radical (unpaired) electrons. The van der Waals surface area contributed by atoms with Crippen molar-refractivity contribution in [1.82, 2.24) is 0 Å². The molecule has 9 heavy (non-hydrogen) atoms. The van der Waals surface area contributed by atoms with Crippen LogP contribution in [0.25, 0.3) is 0 Å². The van der Waals surface area contributed by atoms with Gasteiger partial charge >= 0.3 is 0 Å². The third-order valence-corrected chi connectivity index (χ3v) is 2.84. The maximum Gasteiger partial charge on any atom is 0.0650 e. The molecule has 0 heterocycles. The molecule has 0 saturated heterocycles. The van der Waals surface area contributed by atoms with Crippen molar-refractivity contribution in [3.05, 3.63) is 0 Å². The Morgan fingerprint density at radius 3 is 1.56 bits per heavy atom. The Balaban J connectivity index is 4.14. The van der Waals surface area contributed by atoms with E-state index in [0.29, 0.717) is 5.75 Å². The summed E-state index contributed by atoms with van der Waals surface area (Å²) in [4.78, 5) is 0. The van der Waals surface area contributed by atoms with Crippen LogP contribution in [-0.4, -0.2) is 16.5 Å². The van der Waals surface area contributed by atoms with Crippen LogP contribution in [0.15, 0.2) is 0 Å². The Hall–Kier alpha value is 0.310. The fourth-order valence-corrected chi connectivity index (χ4v) is 0.580. The van der Waals surface area contributed by atoms with E-state index in [1.807, 2.05) is 27.7 Å². The number of thiol groups is 1. The Morgan fingerprint density at radius 1 is 1.22 bits per heavy atom. The summed E-state index contributed by atoms with van der Waals surface area (Å²) in [6.45, 7) is 7.62. The molecular formula is C7H16OS. The summed E-state index contributed by atoms with van der Waals surface area (Å²) in [6, 6.07) is 0. The van der Waals surface area contributed by atoms with Gasteiger partial charge in [-0.25, -0.2) is 0 Å². The van der Waals surface area contributed by atoms with Gasteiger partial charge in [-0.2, -0.15) is 12.6 Å². The fraction of sp³-hybridized carbons (Fsp3) is 1.00. The first kappa shape index (κ1) is 9.31. The van der Waals surface area contributed by atoms with Crippen molar-refractivity contribution in [2.24, 2.45) is 5.41 Å². The smallest absolute Gasteiger partial charge is 0.0650 e. The summed E-state index contributed by atoms with van der Waals surface area (Å²) < 4.78 is 0. The van der Waals surface area contributed by atoms with E-state index in [-0.39, 0.29) is 5.41 Å². The van der Waals surface area contributed by atoms with Gasteiger partial charge < -0.3 is 5.11 Å². The van der Waals surface area contributed by atoms with Crippen molar-refractivity contribution in [2.45, 2.75) is 33.3 Å². The molecule has 0 saturated carbocycles. The van der Waals surface area contributed by atoms with Gasteiger partial charge in [0.1, 0.15) is 0 Å². The highest BCUT2D eigenvalue weighted by molar-refractivity contribution is 7.80. The zero-order chi connectivity index (χ0) is 7.71. The van der Waals surface area contributed by atoms with Gasteiger partial charge in [-0.05, 0) is 19.6 Å². The van der Waals surface area contributed by atoms with E-state index in [1.54, 1.807) is 0 Å². The molecule has 0 rings (SSSR count). The van der Waals surface area contributed by atoms with Crippen molar-refractivity contribution < 1.29 is 5.11 Å². The summed E-state index contributed by atoms with van der Waals surface area (Å²) >= 11 is 4.13. The van der Waals surface area contributed by atoms with Crippen LogP contribution in [0.2, 0.25) is 0 Å². The third-order valence-electron chi connectivity index (χ3n) is 2.05. The SMILES string of the molecule is CC(C)(O)C(C)(C)CS. The standard InChI is InChI=1S/C7H16OS/c1-6(2,5-9)7(3,4)8/h8-9H,5H2,1-4H3. The lowest BCUT2D eigenvalue weighted by atomic mass is 9.79. The summed E-state index contributed by atoms with van der Waals surface area (Å²) in [5, 5.41) is 9.50. The first-order valence-electron chi connectivity index (χ1n) is 3.14. The first-order valence-corrected chi connectivity index (χ1v) is 3.78. The zero-order valence-electron chi connectivity index (χ0n) is 6.60. The molecule has 2 heteroatoms. The van der Waals surface area contributed by atoms with Crippen LogP contribution >= 0.6 is 12.6 Å². The van der Waals surface area contributed by atoms with Crippen molar-refractivity contribution in [2.75, 3.05) is 5.75 Å². The largest absolute Gasteiger partial charge is 0.390 e. The molecule has 0 aromatic carbocycles. The second kappa shape index (κ2) is 2.51. The van der Waals surface area contributed by atoms with Gasteiger partial charge in [0.25, 0.3) is 0 Å². The van der Waals surface area contributed by atoms with Crippen molar-refractivity contribution in [3.8, 4) is 0 Å². The van der Waals surface area contributed by atoms with E-state index in [9.17, 15) is 5.11 Å². The fourth-order valence-electron chi connectivity index (χ4n) is 0.193. The summed E-state index contributed by atoms with van der Waals surface area (Å²) in [5.74, 6) is 0.705. The second-order valence-corrected chi connectivity index (χ2v) is 3.92. The monoisotopic (exact) mass is 148 g/mol. The molecule has 0 atom stereocenters. The third kappa shape index (κ3) is 2.18. The summed E-state index contributed by atoms with van der Waals surface area (Å²) in [7, 11) is 0. The van der Waals surface area contributed by atoms with Gasteiger partial charge in [0.15, 0.2) is 0 Å².